The third-order valence-corrected chi connectivity index (χ3v) is 3.80. The molecule has 1 atom stereocenters. The smallest absolute Gasteiger partial charge is 0.134 e. The van der Waals surface area contributed by atoms with E-state index >= 15 is 0 Å². The first-order chi connectivity index (χ1) is 9.38. The number of rotatable bonds is 5. The highest BCUT2D eigenvalue weighted by Gasteiger charge is 2.16. The lowest BCUT2D eigenvalue weighted by atomic mass is 10.1. The lowest BCUT2D eigenvalue weighted by Crippen LogP contribution is -2.26. The van der Waals surface area contributed by atoms with Gasteiger partial charge in [-0.25, -0.2) is 0 Å². The van der Waals surface area contributed by atoms with Crippen molar-refractivity contribution < 1.29 is 9.15 Å². The Bertz CT molecular complexity index is 541. The number of furan rings is 1. The summed E-state index contributed by atoms with van der Waals surface area (Å²) in [6.45, 7) is 4.85. The molecule has 1 aromatic carbocycles. The summed E-state index contributed by atoms with van der Waals surface area (Å²) in [5, 5.41) is 4.75. The summed E-state index contributed by atoms with van der Waals surface area (Å²) in [4.78, 5) is 0. The molecule has 3 heteroatoms. The summed E-state index contributed by atoms with van der Waals surface area (Å²) < 4.78 is 11.5. The van der Waals surface area contributed by atoms with Gasteiger partial charge in [-0.05, 0) is 18.9 Å². The normalized spacial score (nSPS) is 19.3. The van der Waals surface area contributed by atoms with Crippen LogP contribution in [-0.4, -0.2) is 19.3 Å². The van der Waals surface area contributed by atoms with E-state index in [2.05, 4.69) is 24.4 Å². The molecule has 0 radical (unpaired) electrons. The van der Waals surface area contributed by atoms with E-state index in [-0.39, 0.29) is 0 Å². The van der Waals surface area contributed by atoms with Gasteiger partial charge in [0.25, 0.3) is 0 Å². The van der Waals surface area contributed by atoms with Gasteiger partial charge in [-0.3, -0.25) is 0 Å². The molecule has 3 rings (SSSR count). The van der Waals surface area contributed by atoms with Crippen LogP contribution in [0.25, 0.3) is 11.0 Å². The first-order valence-electron chi connectivity index (χ1n) is 7.20. The van der Waals surface area contributed by atoms with E-state index < -0.39 is 0 Å². The molecule has 2 heterocycles. The second-order valence-corrected chi connectivity index (χ2v) is 5.12. The highest BCUT2D eigenvalue weighted by Crippen LogP contribution is 2.26. The topological polar surface area (TPSA) is 34.4 Å². The van der Waals surface area contributed by atoms with E-state index in [4.69, 9.17) is 9.15 Å². The number of para-hydroxylation sites is 1. The summed E-state index contributed by atoms with van der Waals surface area (Å²) in [6.07, 6.45) is 3.70. The van der Waals surface area contributed by atoms with Crippen molar-refractivity contribution >= 4 is 11.0 Å². The Labute approximate surface area is 113 Å². The summed E-state index contributed by atoms with van der Waals surface area (Å²) in [5.41, 5.74) is 2.30. The monoisotopic (exact) mass is 259 g/mol. The van der Waals surface area contributed by atoms with Crippen LogP contribution in [0.2, 0.25) is 0 Å². The Kier molecular flexibility index (Phi) is 3.85. The van der Waals surface area contributed by atoms with Crippen LogP contribution in [0, 0.1) is 0 Å². The van der Waals surface area contributed by atoms with Crippen molar-refractivity contribution in [2.24, 2.45) is 0 Å². The molecule has 1 aliphatic rings. The van der Waals surface area contributed by atoms with Gasteiger partial charge in [0.2, 0.25) is 0 Å². The zero-order valence-corrected chi connectivity index (χ0v) is 11.4. The molecule has 1 saturated heterocycles. The van der Waals surface area contributed by atoms with Gasteiger partial charge in [-0.15, -0.1) is 0 Å². The van der Waals surface area contributed by atoms with E-state index in [0.717, 1.165) is 37.5 Å². The van der Waals surface area contributed by atoms with Crippen LogP contribution in [0.5, 0.6) is 0 Å². The molecule has 1 aliphatic heterocycles. The molecule has 19 heavy (non-hydrogen) atoms. The number of nitrogens with one attached hydrogen (secondary N) is 1. The third kappa shape index (κ3) is 2.67. The maximum Gasteiger partial charge on any atom is 0.134 e. The highest BCUT2D eigenvalue weighted by molar-refractivity contribution is 5.82. The molecule has 0 bridgehead atoms. The van der Waals surface area contributed by atoms with Crippen LogP contribution in [0.4, 0.5) is 0 Å². The minimum Gasteiger partial charge on any atom is -0.461 e. The molecular formula is C16H21NO2. The van der Waals surface area contributed by atoms with Crippen molar-refractivity contribution in [3.63, 3.8) is 0 Å². The van der Waals surface area contributed by atoms with E-state index in [1.807, 2.05) is 12.1 Å². The quantitative estimate of drug-likeness (QED) is 0.895. The van der Waals surface area contributed by atoms with Gasteiger partial charge in [-0.1, -0.05) is 25.1 Å². The summed E-state index contributed by atoms with van der Waals surface area (Å²) >= 11 is 0. The fourth-order valence-electron chi connectivity index (χ4n) is 2.79. The van der Waals surface area contributed by atoms with Gasteiger partial charge in [0.1, 0.15) is 11.3 Å². The molecular weight excluding hydrogens is 238 g/mol. The average molecular weight is 259 g/mol. The van der Waals surface area contributed by atoms with Crippen LogP contribution in [0.1, 0.15) is 31.1 Å². The van der Waals surface area contributed by atoms with E-state index in [9.17, 15) is 0 Å². The predicted octanol–water partition coefficient (Wildman–Crippen LogP) is 3.26. The molecule has 1 fully saturated rings. The zero-order valence-electron chi connectivity index (χ0n) is 11.4. The SMILES string of the molecule is CCc1oc2ccccc2c1CNCC1CCCO1. The number of hydrogen-bond acceptors (Lipinski definition) is 3. The Balaban J connectivity index is 1.71. The molecule has 0 amide bonds. The molecule has 0 aliphatic carbocycles. The second-order valence-electron chi connectivity index (χ2n) is 5.12. The van der Waals surface area contributed by atoms with Crippen molar-refractivity contribution in [1.82, 2.24) is 5.32 Å². The first-order valence-corrected chi connectivity index (χ1v) is 7.20. The van der Waals surface area contributed by atoms with Crippen molar-refractivity contribution in [3.8, 4) is 0 Å². The minimum absolute atomic E-state index is 0.392. The molecule has 2 aromatic rings. The fourth-order valence-corrected chi connectivity index (χ4v) is 2.79. The van der Waals surface area contributed by atoms with Crippen LogP contribution in [0.3, 0.4) is 0 Å². The van der Waals surface area contributed by atoms with Crippen molar-refractivity contribution in [2.45, 2.75) is 38.8 Å². The summed E-state index contributed by atoms with van der Waals surface area (Å²) in [5.74, 6) is 1.10. The van der Waals surface area contributed by atoms with E-state index in [1.165, 1.54) is 23.8 Å². The Hall–Kier alpha value is -1.32. The van der Waals surface area contributed by atoms with Crippen LogP contribution in [-0.2, 0) is 17.7 Å². The lowest BCUT2D eigenvalue weighted by Gasteiger charge is -2.10. The number of fused-ring (bicyclic) bond motifs is 1. The van der Waals surface area contributed by atoms with Gasteiger partial charge in [-0.2, -0.15) is 0 Å². The van der Waals surface area contributed by atoms with Crippen molar-refractivity contribution in [3.05, 3.63) is 35.6 Å². The predicted molar refractivity (Wildman–Crippen MR) is 76.3 cm³/mol. The number of benzene rings is 1. The van der Waals surface area contributed by atoms with Crippen LogP contribution >= 0.6 is 0 Å². The van der Waals surface area contributed by atoms with Crippen LogP contribution in [0.15, 0.2) is 28.7 Å². The fraction of sp³-hybridized carbons (Fsp3) is 0.500. The van der Waals surface area contributed by atoms with Crippen LogP contribution < -0.4 is 5.32 Å². The summed E-state index contributed by atoms with van der Waals surface area (Å²) in [7, 11) is 0. The Morgan fingerprint density at radius 2 is 2.21 bits per heavy atom. The minimum atomic E-state index is 0.392. The van der Waals surface area contributed by atoms with Crippen molar-refractivity contribution in [2.75, 3.05) is 13.2 Å². The van der Waals surface area contributed by atoms with Gasteiger partial charge < -0.3 is 14.5 Å². The van der Waals surface area contributed by atoms with Gasteiger partial charge in [0, 0.05) is 37.1 Å². The summed E-state index contributed by atoms with van der Waals surface area (Å²) in [6, 6.07) is 8.27. The van der Waals surface area contributed by atoms with Gasteiger partial charge in [0.05, 0.1) is 6.10 Å². The molecule has 102 valence electrons. The molecule has 1 N–H and O–H groups in total. The molecule has 3 nitrogen and oxygen atoms in total. The lowest BCUT2D eigenvalue weighted by molar-refractivity contribution is 0.110. The molecule has 1 unspecified atom stereocenters. The number of hydrogen-bond donors (Lipinski definition) is 1. The Morgan fingerprint density at radius 3 is 3.00 bits per heavy atom. The van der Waals surface area contributed by atoms with E-state index in [1.54, 1.807) is 0 Å². The third-order valence-electron chi connectivity index (χ3n) is 3.80. The van der Waals surface area contributed by atoms with Gasteiger partial charge >= 0.3 is 0 Å². The first kappa shape index (κ1) is 12.7. The number of aryl methyl sites for hydroxylation is 1. The van der Waals surface area contributed by atoms with E-state index in [0.29, 0.717) is 6.10 Å². The highest BCUT2D eigenvalue weighted by atomic mass is 16.5. The van der Waals surface area contributed by atoms with Gasteiger partial charge in [0.15, 0.2) is 0 Å². The average Bonchev–Trinajstić information content (AvgIpc) is 3.06. The zero-order chi connectivity index (χ0) is 13.1. The largest absolute Gasteiger partial charge is 0.461 e. The maximum absolute atomic E-state index is 5.90. The maximum atomic E-state index is 5.90. The Morgan fingerprint density at radius 1 is 1.32 bits per heavy atom. The standard InChI is InChI=1S/C16H21NO2/c1-2-15-14(11-17-10-12-6-5-9-18-12)13-7-3-4-8-16(13)19-15/h3-4,7-8,12,17H,2,5-6,9-11H2,1H3. The molecule has 0 saturated carbocycles. The van der Waals surface area contributed by atoms with Crippen molar-refractivity contribution in [1.29, 1.82) is 0 Å². The molecule has 0 spiro atoms. The molecule has 1 aromatic heterocycles. The number of ether oxygens (including phenoxy) is 1. The second kappa shape index (κ2) is 5.76.